The van der Waals surface area contributed by atoms with Crippen LogP contribution in [0, 0.1) is 11.7 Å². The first kappa shape index (κ1) is 27.6. The molecule has 1 amide bonds. The van der Waals surface area contributed by atoms with Gasteiger partial charge in [-0.1, -0.05) is 36.4 Å². The SMILES string of the molecule is Cc1ccc(OCC(=O)N(C)C(CN2CC[C@H](O)C2)c2ccccc2)c2c1N(C)CCC2.N=S(=O)=O. The van der Waals surface area contributed by atoms with E-state index in [1.807, 2.05) is 31.3 Å². The summed E-state index contributed by atoms with van der Waals surface area (Å²) < 4.78 is 28.9. The second-order valence-electron chi connectivity index (χ2n) is 9.39. The number of carbonyl (C=O) groups is 1. The quantitative estimate of drug-likeness (QED) is 0.582. The average Bonchev–Trinajstić information content (AvgIpc) is 3.26. The van der Waals surface area contributed by atoms with Crippen molar-refractivity contribution in [3.8, 4) is 5.75 Å². The molecule has 2 aliphatic heterocycles. The molecule has 0 bridgehead atoms. The third-order valence-corrected chi connectivity index (χ3v) is 6.82. The standard InChI is InChI=1S/C26H35N3O3.HNO2S/c1-19-11-12-24(22-10-7-14-27(2)26(19)22)32-18-25(31)28(3)23(20-8-5-4-6-9-20)17-29-15-13-21(30)16-29;1-4(2)3/h4-6,8-9,11-12,21,23,30H,7,10,13-18H2,1-3H3;1H/t21-,23?;/m0./s1. The van der Waals surface area contributed by atoms with E-state index in [-0.39, 0.29) is 24.7 Å². The first-order valence-corrected chi connectivity index (χ1v) is 13.2. The zero-order valence-electron chi connectivity index (χ0n) is 21.2. The fourth-order valence-corrected chi connectivity index (χ4v) is 5.01. The lowest BCUT2D eigenvalue weighted by atomic mass is 9.97. The van der Waals surface area contributed by atoms with Crippen LogP contribution in [0.25, 0.3) is 0 Å². The van der Waals surface area contributed by atoms with E-state index < -0.39 is 10.5 Å². The predicted octanol–water partition coefficient (Wildman–Crippen LogP) is 2.65. The van der Waals surface area contributed by atoms with Gasteiger partial charge in [0.2, 0.25) is 0 Å². The lowest BCUT2D eigenvalue weighted by molar-refractivity contribution is -0.134. The van der Waals surface area contributed by atoms with Crippen LogP contribution in [-0.4, -0.2) is 82.2 Å². The summed E-state index contributed by atoms with van der Waals surface area (Å²) in [6.07, 6.45) is 2.58. The normalized spacial score (nSPS) is 18.0. The predicted molar refractivity (Wildman–Crippen MR) is 139 cm³/mol. The number of likely N-dealkylation sites (tertiary alicyclic amines) is 1. The van der Waals surface area contributed by atoms with E-state index in [0.29, 0.717) is 13.1 Å². The molecule has 0 radical (unpaired) electrons. The second-order valence-corrected chi connectivity index (χ2v) is 9.86. The highest BCUT2D eigenvalue weighted by molar-refractivity contribution is 7.60. The minimum absolute atomic E-state index is 0.0155. The fourth-order valence-electron chi connectivity index (χ4n) is 5.01. The van der Waals surface area contributed by atoms with Crippen LogP contribution in [-0.2, 0) is 21.7 Å². The minimum atomic E-state index is -2.61. The Morgan fingerprint density at radius 1 is 1.22 bits per heavy atom. The van der Waals surface area contributed by atoms with Crippen LogP contribution in [0.15, 0.2) is 42.5 Å². The molecule has 196 valence electrons. The van der Waals surface area contributed by atoms with Gasteiger partial charge in [-0.05, 0) is 43.4 Å². The van der Waals surface area contributed by atoms with Crippen molar-refractivity contribution in [3.05, 3.63) is 59.2 Å². The molecule has 2 heterocycles. The monoisotopic (exact) mass is 516 g/mol. The molecule has 0 saturated carbocycles. The molecular weight excluding hydrogens is 480 g/mol. The number of fused-ring (bicyclic) bond motifs is 1. The zero-order valence-corrected chi connectivity index (χ0v) is 22.0. The first-order chi connectivity index (χ1) is 17.2. The molecule has 2 aromatic rings. The number of aryl methyl sites for hydroxylation is 1. The summed E-state index contributed by atoms with van der Waals surface area (Å²) in [7, 11) is 1.36. The molecule has 1 unspecified atom stereocenters. The van der Waals surface area contributed by atoms with Crippen LogP contribution >= 0.6 is 0 Å². The summed E-state index contributed by atoms with van der Waals surface area (Å²) >= 11 is 0. The number of aliphatic hydroxyl groups excluding tert-OH is 1. The van der Waals surface area contributed by atoms with Crippen LogP contribution in [0.1, 0.15) is 35.6 Å². The van der Waals surface area contributed by atoms with Crippen LogP contribution in [0.5, 0.6) is 5.75 Å². The van der Waals surface area contributed by atoms with Gasteiger partial charge in [-0.25, -0.2) is 0 Å². The van der Waals surface area contributed by atoms with Gasteiger partial charge in [-0.15, -0.1) is 0 Å². The Bertz CT molecular complexity index is 1140. The Hall–Kier alpha value is -2.95. The Balaban J connectivity index is 0.000000840. The molecule has 9 nitrogen and oxygen atoms in total. The van der Waals surface area contributed by atoms with Crippen molar-refractivity contribution in [3.63, 3.8) is 0 Å². The summed E-state index contributed by atoms with van der Waals surface area (Å²) in [5, 5.41) is 9.93. The number of hydrogen-bond acceptors (Lipinski definition) is 8. The van der Waals surface area contributed by atoms with Gasteiger partial charge in [0, 0.05) is 51.5 Å². The molecular formula is C26H36N4O5S. The number of anilines is 1. The number of β-amino-alcohol motifs (C(OH)–C–C–N with tert-alkyl or cyclic N) is 1. The van der Waals surface area contributed by atoms with Crippen molar-refractivity contribution in [2.24, 2.45) is 0 Å². The van der Waals surface area contributed by atoms with Gasteiger partial charge in [0.1, 0.15) is 5.75 Å². The number of carbonyl (C=O) groups excluding carboxylic acids is 1. The van der Waals surface area contributed by atoms with E-state index in [1.54, 1.807) is 4.90 Å². The molecule has 36 heavy (non-hydrogen) atoms. The Morgan fingerprint density at radius 3 is 2.56 bits per heavy atom. The molecule has 0 aromatic heterocycles. The molecule has 2 aliphatic rings. The van der Waals surface area contributed by atoms with E-state index in [1.165, 1.54) is 16.8 Å². The molecule has 0 spiro atoms. The highest BCUT2D eigenvalue weighted by atomic mass is 32.2. The van der Waals surface area contributed by atoms with Gasteiger partial charge in [0.05, 0.1) is 12.1 Å². The van der Waals surface area contributed by atoms with Crippen molar-refractivity contribution in [2.45, 2.75) is 38.3 Å². The number of benzene rings is 2. The Kier molecular flexibility index (Phi) is 9.86. The van der Waals surface area contributed by atoms with Gasteiger partial charge in [-0.3, -0.25) is 9.69 Å². The number of likely N-dealkylation sites (N-methyl/N-ethyl adjacent to an activating group) is 1. The molecule has 1 fully saturated rings. The fraction of sp³-hybridized carbons (Fsp3) is 0.500. The third-order valence-electron chi connectivity index (χ3n) is 6.82. The van der Waals surface area contributed by atoms with Crippen molar-refractivity contribution in [1.29, 1.82) is 4.78 Å². The number of nitrogens with zero attached hydrogens (tertiary/aromatic N) is 3. The summed E-state index contributed by atoms with van der Waals surface area (Å²) in [5.74, 6) is 0.773. The summed E-state index contributed by atoms with van der Waals surface area (Å²) in [5.41, 5.74) is 4.79. The first-order valence-electron chi connectivity index (χ1n) is 12.1. The van der Waals surface area contributed by atoms with Gasteiger partial charge in [-0.2, -0.15) is 13.2 Å². The summed E-state index contributed by atoms with van der Waals surface area (Å²) in [6.45, 7) is 5.40. The highest BCUT2D eigenvalue weighted by Crippen LogP contribution is 2.36. The lowest BCUT2D eigenvalue weighted by Crippen LogP contribution is -2.41. The molecule has 4 rings (SSSR count). The lowest BCUT2D eigenvalue weighted by Gasteiger charge is -2.33. The topological polar surface area (TPSA) is 114 Å². The van der Waals surface area contributed by atoms with Crippen molar-refractivity contribution >= 4 is 22.1 Å². The average molecular weight is 517 g/mol. The maximum absolute atomic E-state index is 13.2. The van der Waals surface area contributed by atoms with Gasteiger partial charge in [0.15, 0.2) is 6.61 Å². The van der Waals surface area contributed by atoms with Crippen molar-refractivity contribution < 1.29 is 23.1 Å². The maximum atomic E-state index is 13.2. The van der Waals surface area contributed by atoms with Gasteiger partial charge < -0.3 is 19.6 Å². The minimum Gasteiger partial charge on any atom is -0.483 e. The molecule has 2 N–H and O–H groups in total. The summed E-state index contributed by atoms with van der Waals surface area (Å²) in [6, 6.07) is 14.1. The van der Waals surface area contributed by atoms with E-state index in [2.05, 4.69) is 42.0 Å². The number of aliphatic hydroxyl groups is 1. The van der Waals surface area contributed by atoms with Crippen LogP contribution in [0.3, 0.4) is 0 Å². The van der Waals surface area contributed by atoms with Crippen LogP contribution in [0.2, 0.25) is 0 Å². The number of hydrogen-bond donors (Lipinski definition) is 2. The Morgan fingerprint density at radius 2 is 1.92 bits per heavy atom. The molecule has 0 aliphatic carbocycles. The maximum Gasteiger partial charge on any atom is 0.308 e. The van der Waals surface area contributed by atoms with Gasteiger partial charge in [0.25, 0.3) is 5.91 Å². The zero-order chi connectivity index (χ0) is 26.2. The van der Waals surface area contributed by atoms with Gasteiger partial charge >= 0.3 is 10.5 Å². The molecule has 2 atom stereocenters. The highest BCUT2D eigenvalue weighted by Gasteiger charge is 2.28. The van der Waals surface area contributed by atoms with Crippen LogP contribution < -0.4 is 9.64 Å². The number of rotatable bonds is 7. The molecule has 2 aromatic carbocycles. The van der Waals surface area contributed by atoms with E-state index in [0.717, 1.165) is 43.7 Å². The summed E-state index contributed by atoms with van der Waals surface area (Å²) in [4.78, 5) is 19.5. The van der Waals surface area contributed by atoms with E-state index in [4.69, 9.17) is 17.9 Å². The van der Waals surface area contributed by atoms with E-state index in [9.17, 15) is 9.90 Å². The second kappa shape index (κ2) is 12.8. The van der Waals surface area contributed by atoms with Crippen molar-refractivity contribution in [1.82, 2.24) is 9.80 Å². The largest absolute Gasteiger partial charge is 0.483 e. The molecule has 1 saturated heterocycles. The number of ether oxygens (including phenoxy) is 1. The van der Waals surface area contributed by atoms with Crippen LogP contribution in [0.4, 0.5) is 5.69 Å². The third kappa shape index (κ3) is 7.28. The molecule has 10 heteroatoms. The van der Waals surface area contributed by atoms with Crippen molar-refractivity contribution in [2.75, 3.05) is 51.8 Å². The number of nitrogens with one attached hydrogen (secondary N) is 1. The smallest absolute Gasteiger partial charge is 0.308 e. The Labute approximate surface area is 214 Å². The number of amides is 1. The van der Waals surface area contributed by atoms with E-state index >= 15 is 0 Å².